The molecule has 2 rings (SSSR count). The Bertz CT molecular complexity index is 648. The minimum Gasteiger partial charge on any atom is -0.493 e. The van der Waals surface area contributed by atoms with Crippen molar-refractivity contribution in [3.05, 3.63) is 30.3 Å². The topological polar surface area (TPSA) is 80.1 Å². The van der Waals surface area contributed by atoms with E-state index in [0.29, 0.717) is 23.0 Å². The summed E-state index contributed by atoms with van der Waals surface area (Å²) in [6.45, 7) is 3.92. The van der Waals surface area contributed by atoms with Crippen molar-refractivity contribution in [3.63, 3.8) is 0 Å². The van der Waals surface area contributed by atoms with E-state index in [1.165, 1.54) is 0 Å². The van der Waals surface area contributed by atoms with Gasteiger partial charge in [-0.2, -0.15) is 5.26 Å². The van der Waals surface area contributed by atoms with Crippen molar-refractivity contribution in [1.29, 1.82) is 5.26 Å². The molecule has 0 saturated heterocycles. The summed E-state index contributed by atoms with van der Waals surface area (Å²) in [7, 11) is 1.60. The Balaban J connectivity index is 2.30. The van der Waals surface area contributed by atoms with Gasteiger partial charge in [0.2, 0.25) is 0 Å². The monoisotopic (exact) mass is 284 g/mol. The molecular formula is C15H16N4O2. The van der Waals surface area contributed by atoms with E-state index in [1.807, 2.05) is 32.0 Å². The molecule has 108 valence electrons. The molecule has 0 unspecified atom stereocenters. The van der Waals surface area contributed by atoms with Gasteiger partial charge in [0.25, 0.3) is 0 Å². The number of hydrogen-bond acceptors (Lipinski definition) is 6. The van der Waals surface area contributed by atoms with Gasteiger partial charge in [-0.05, 0) is 44.2 Å². The Kier molecular flexibility index (Phi) is 4.57. The van der Waals surface area contributed by atoms with Crippen LogP contribution in [0, 0.1) is 11.5 Å². The summed E-state index contributed by atoms with van der Waals surface area (Å²) in [6.07, 6.45) is 1.87. The first-order valence-corrected chi connectivity index (χ1v) is 6.48. The second-order valence-corrected chi connectivity index (χ2v) is 4.57. The van der Waals surface area contributed by atoms with E-state index in [2.05, 4.69) is 15.5 Å². The number of anilines is 1. The second kappa shape index (κ2) is 6.57. The van der Waals surface area contributed by atoms with Crippen molar-refractivity contribution in [2.45, 2.75) is 20.0 Å². The Morgan fingerprint density at radius 1 is 1.14 bits per heavy atom. The lowest BCUT2D eigenvalue weighted by Gasteiger charge is -2.14. The average molecular weight is 284 g/mol. The van der Waals surface area contributed by atoms with E-state index in [4.69, 9.17) is 14.7 Å². The summed E-state index contributed by atoms with van der Waals surface area (Å²) < 4.78 is 11.0. The van der Waals surface area contributed by atoms with Gasteiger partial charge in [0.1, 0.15) is 0 Å². The lowest BCUT2D eigenvalue weighted by molar-refractivity contribution is 0.230. The fourth-order valence-corrected chi connectivity index (χ4v) is 1.79. The minimum atomic E-state index is 0.0703. The number of rotatable bonds is 5. The van der Waals surface area contributed by atoms with E-state index >= 15 is 0 Å². The molecule has 0 spiro atoms. The van der Waals surface area contributed by atoms with E-state index in [-0.39, 0.29) is 6.10 Å². The Hall–Kier alpha value is -2.81. The van der Waals surface area contributed by atoms with Crippen LogP contribution in [-0.2, 0) is 0 Å². The third-order valence-electron chi connectivity index (χ3n) is 2.67. The van der Waals surface area contributed by atoms with Gasteiger partial charge >= 0.3 is 0 Å². The molecule has 2 aromatic rings. The van der Waals surface area contributed by atoms with Crippen LogP contribution in [-0.4, -0.2) is 23.4 Å². The highest BCUT2D eigenvalue weighted by atomic mass is 16.5. The van der Waals surface area contributed by atoms with Crippen molar-refractivity contribution < 1.29 is 9.47 Å². The molecule has 1 aromatic carbocycles. The minimum absolute atomic E-state index is 0.0703. The van der Waals surface area contributed by atoms with Crippen molar-refractivity contribution in [3.8, 4) is 28.9 Å². The Morgan fingerprint density at radius 3 is 2.52 bits per heavy atom. The Morgan fingerprint density at radius 2 is 1.95 bits per heavy atom. The van der Waals surface area contributed by atoms with Crippen LogP contribution in [0.15, 0.2) is 30.3 Å². The van der Waals surface area contributed by atoms with E-state index in [0.717, 1.165) is 5.56 Å². The van der Waals surface area contributed by atoms with Gasteiger partial charge in [-0.15, -0.1) is 10.2 Å². The number of benzene rings is 1. The first kappa shape index (κ1) is 14.6. The van der Waals surface area contributed by atoms with Gasteiger partial charge in [-0.1, -0.05) is 0 Å². The summed E-state index contributed by atoms with van der Waals surface area (Å²) in [5.41, 5.74) is 1.55. The second-order valence-electron chi connectivity index (χ2n) is 4.57. The molecule has 0 bridgehead atoms. The molecule has 0 atom stereocenters. The van der Waals surface area contributed by atoms with Crippen LogP contribution in [0.1, 0.15) is 13.8 Å². The van der Waals surface area contributed by atoms with Gasteiger partial charge in [-0.3, -0.25) is 5.32 Å². The summed E-state index contributed by atoms with van der Waals surface area (Å²) in [6, 6.07) is 9.05. The van der Waals surface area contributed by atoms with Gasteiger partial charge in [0.15, 0.2) is 23.5 Å². The summed E-state index contributed by atoms with van der Waals surface area (Å²) >= 11 is 0. The molecule has 0 aliphatic carbocycles. The molecule has 1 N–H and O–H groups in total. The lowest BCUT2D eigenvalue weighted by Crippen LogP contribution is -2.06. The predicted molar refractivity (Wildman–Crippen MR) is 79.0 cm³/mol. The van der Waals surface area contributed by atoms with Crippen LogP contribution in [0.5, 0.6) is 11.5 Å². The molecule has 6 nitrogen and oxygen atoms in total. The molecule has 6 heteroatoms. The lowest BCUT2D eigenvalue weighted by atomic mass is 10.1. The molecule has 1 aromatic heterocycles. The van der Waals surface area contributed by atoms with Crippen LogP contribution in [0.25, 0.3) is 11.3 Å². The summed E-state index contributed by atoms with van der Waals surface area (Å²) in [5.74, 6) is 1.74. The quantitative estimate of drug-likeness (QED) is 0.671. The number of aromatic nitrogens is 2. The molecular weight excluding hydrogens is 268 g/mol. The highest BCUT2D eigenvalue weighted by molar-refractivity contribution is 5.64. The zero-order valence-corrected chi connectivity index (χ0v) is 12.1. The zero-order chi connectivity index (χ0) is 15.2. The van der Waals surface area contributed by atoms with Gasteiger partial charge in [0.05, 0.1) is 18.9 Å². The molecule has 0 radical (unpaired) electrons. The first-order chi connectivity index (χ1) is 10.1. The van der Waals surface area contributed by atoms with E-state index < -0.39 is 0 Å². The van der Waals surface area contributed by atoms with Crippen LogP contribution in [0.2, 0.25) is 0 Å². The third kappa shape index (κ3) is 3.60. The predicted octanol–water partition coefficient (Wildman–Crippen LogP) is 2.83. The normalized spacial score (nSPS) is 10.0. The third-order valence-corrected chi connectivity index (χ3v) is 2.67. The molecule has 0 aliphatic heterocycles. The fourth-order valence-electron chi connectivity index (χ4n) is 1.79. The zero-order valence-electron chi connectivity index (χ0n) is 12.1. The highest BCUT2D eigenvalue weighted by Gasteiger charge is 2.09. The molecule has 0 amide bonds. The SMILES string of the molecule is COc1cc(-c2ccc(NC#N)nn2)ccc1OC(C)C. The number of nitriles is 1. The summed E-state index contributed by atoms with van der Waals surface area (Å²) in [4.78, 5) is 0. The van der Waals surface area contributed by atoms with Gasteiger partial charge in [0, 0.05) is 5.56 Å². The molecule has 1 heterocycles. The number of methoxy groups -OCH3 is 1. The molecule has 21 heavy (non-hydrogen) atoms. The van der Waals surface area contributed by atoms with E-state index in [1.54, 1.807) is 25.4 Å². The van der Waals surface area contributed by atoms with Gasteiger partial charge < -0.3 is 9.47 Å². The largest absolute Gasteiger partial charge is 0.493 e. The van der Waals surface area contributed by atoms with Crippen molar-refractivity contribution in [1.82, 2.24) is 10.2 Å². The standard InChI is InChI=1S/C15H16N4O2/c1-10(2)21-13-6-4-11(8-14(13)20-3)12-5-7-15(17-9-16)19-18-12/h4-8,10H,1-3H3,(H,17,19). The maximum Gasteiger partial charge on any atom is 0.182 e. The molecule has 0 fully saturated rings. The first-order valence-electron chi connectivity index (χ1n) is 6.48. The van der Waals surface area contributed by atoms with Crippen molar-refractivity contribution in [2.24, 2.45) is 0 Å². The fraction of sp³-hybridized carbons (Fsp3) is 0.267. The number of nitrogens with zero attached hydrogens (tertiary/aromatic N) is 3. The molecule has 0 aliphatic rings. The van der Waals surface area contributed by atoms with Crippen molar-refractivity contribution in [2.75, 3.05) is 12.4 Å². The van der Waals surface area contributed by atoms with E-state index in [9.17, 15) is 0 Å². The highest BCUT2D eigenvalue weighted by Crippen LogP contribution is 2.32. The van der Waals surface area contributed by atoms with Crippen LogP contribution < -0.4 is 14.8 Å². The number of hydrogen-bond donors (Lipinski definition) is 1. The smallest absolute Gasteiger partial charge is 0.182 e. The van der Waals surface area contributed by atoms with Crippen LogP contribution in [0.4, 0.5) is 5.82 Å². The molecule has 0 saturated carbocycles. The average Bonchev–Trinajstić information content (AvgIpc) is 2.48. The maximum atomic E-state index is 8.52. The van der Waals surface area contributed by atoms with Crippen LogP contribution >= 0.6 is 0 Å². The maximum absolute atomic E-state index is 8.52. The number of nitrogens with one attached hydrogen (secondary N) is 1. The summed E-state index contributed by atoms with van der Waals surface area (Å²) in [5, 5.41) is 18.9. The number of ether oxygens (including phenoxy) is 2. The van der Waals surface area contributed by atoms with Crippen molar-refractivity contribution >= 4 is 5.82 Å². The van der Waals surface area contributed by atoms with Gasteiger partial charge in [-0.25, -0.2) is 0 Å². The Labute approximate surface area is 123 Å². The van der Waals surface area contributed by atoms with Crippen LogP contribution in [0.3, 0.4) is 0 Å².